The number of nitrogens with one attached hydrogen (secondary N) is 1. The molecule has 3 rings (SSSR count). The third-order valence-corrected chi connectivity index (χ3v) is 7.00. The number of aliphatic carboxylic acids is 1. The van der Waals surface area contributed by atoms with Gasteiger partial charge in [0, 0.05) is 23.2 Å². The van der Waals surface area contributed by atoms with E-state index in [1.807, 2.05) is 18.2 Å². The average molecular weight is 523 g/mol. The maximum Gasteiger partial charge on any atom is 0.573 e. The molecule has 0 aliphatic heterocycles. The van der Waals surface area contributed by atoms with Gasteiger partial charge in [0.1, 0.15) is 10.5 Å². The van der Waals surface area contributed by atoms with Crippen LogP contribution in [0.25, 0.3) is 0 Å². The quantitative estimate of drug-likeness (QED) is 0.211. The van der Waals surface area contributed by atoms with E-state index in [4.69, 9.17) is 0 Å². The minimum Gasteiger partial charge on any atom is -0.480 e. The van der Waals surface area contributed by atoms with Crippen LogP contribution in [-0.2, 0) is 17.6 Å². The lowest BCUT2D eigenvalue weighted by Gasteiger charge is -2.29. The van der Waals surface area contributed by atoms with Crippen molar-refractivity contribution >= 4 is 29.4 Å². The number of allylic oxidation sites excluding steroid dienone is 1. The molecule has 0 bridgehead atoms. The molecule has 10 heteroatoms. The van der Waals surface area contributed by atoms with Crippen LogP contribution in [0.2, 0.25) is 0 Å². The first-order valence-electron chi connectivity index (χ1n) is 11.5. The fraction of sp³-hybridized carbons (Fsp3) is 0.385. The van der Waals surface area contributed by atoms with Crippen molar-refractivity contribution in [1.29, 1.82) is 0 Å². The summed E-state index contributed by atoms with van der Waals surface area (Å²) in [6, 6.07) is 10.4. The number of alkyl halides is 3. The molecule has 1 aliphatic rings. The van der Waals surface area contributed by atoms with Gasteiger partial charge in [-0.3, -0.25) is 4.79 Å². The molecule has 2 amide bonds. The van der Waals surface area contributed by atoms with Crippen LogP contribution in [-0.4, -0.2) is 45.7 Å². The molecular formula is C26H29F3N2O4S. The molecule has 0 radical (unpaired) electrons. The number of fused-ring (bicyclic) bond motifs is 1. The fourth-order valence-corrected chi connectivity index (χ4v) is 5.00. The Kier molecular flexibility index (Phi) is 8.60. The standard InChI is InChI=1S/C26H29F3N2O4S/c1-4-5-6-13-31(24(34)30-19-8-10-21(11-9-19)35-26(27,28)29)20-14-17-7-12-22(16-18(17)15-20)36-25(2,3)23(32)33/h4,7-12,16,20H,1,5-6,13-15H2,2-3H3,(H,30,34)(H,32,33). The summed E-state index contributed by atoms with van der Waals surface area (Å²) in [5, 5.41) is 12.2. The van der Waals surface area contributed by atoms with Crippen LogP contribution in [0.4, 0.5) is 23.7 Å². The lowest BCUT2D eigenvalue weighted by Crippen LogP contribution is -2.44. The van der Waals surface area contributed by atoms with Crippen molar-refractivity contribution in [3.63, 3.8) is 0 Å². The van der Waals surface area contributed by atoms with Gasteiger partial charge in [0.15, 0.2) is 0 Å². The topological polar surface area (TPSA) is 78.9 Å². The number of carbonyl (C=O) groups excluding carboxylic acids is 1. The number of carboxylic acids is 1. The van der Waals surface area contributed by atoms with Crippen molar-refractivity contribution in [3.8, 4) is 5.75 Å². The lowest BCUT2D eigenvalue weighted by atomic mass is 10.1. The summed E-state index contributed by atoms with van der Waals surface area (Å²) in [7, 11) is 0. The number of ether oxygens (including phenoxy) is 1. The number of hydrogen-bond acceptors (Lipinski definition) is 4. The van der Waals surface area contributed by atoms with Crippen molar-refractivity contribution in [2.75, 3.05) is 11.9 Å². The summed E-state index contributed by atoms with van der Waals surface area (Å²) in [6.07, 6.45) is -0.272. The molecule has 36 heavy (non-hydrogen) atoms. The van der Waals surface area contributed by atoms with Gasteiger partial charge in [-0.25, -0.2) is 4.79 Å². The summed E-state index contributed by atoms with van der Waals surface area (Å²) in [4.78, 5) is 27.3. The number of halogens is 3. The number of amides is 2. The molecule has 0 fully saturated rings. The number of benzene rings is 2. The normalized spacial score (nSPS) is 15.2. The first-order chi connectivity index (χ1) is 16.9. The largest absolute Gasteiger partial charge is 0.573 e. The molecule has 1 aliphatic carbocycles. The monoisotopic (exact) mass is 522 g/mol. The highest BCUT2D eigenvalue weighted by Crippen LogP contribution is 2.36. The maximum atomic E-state index is 13.2. The Bertz CT molecular complexity index is 1100. The van der Waals surface area contributed by atoms with Crippen LogP contribution in [0, 0.1) is 0 Å². The van der Waals surface area contributed by atoms with Gasteiger partial charge in [-0.15, -0.1) is 31.5 Å². The van der Waals surface area contributed by atoms with Gasteiger partial charge in [-0.1, -0.05) is 12.1 Å². The van der Waals surface area contributed by atoms with Gasteiger partial charge in [-0.2, -0.15) is 0 Å². The van der Waals surface area contributed by atoms with E-state index in [1.54, 1.807) is 24.8 Å². The number of nitrogens with zero attached hydrogens (tertiary/aromatic N) is 1. The number of unbranched alkanes of at least 4 members (excludes halogenated alkanes) is 1. The predicted octanol–water partition coefficient (Wildman–Crippen LogP) is 6.51. The van der Waals surface area contributed by atoms with Gasteiger partial charge in [0.2, 0.25) is 0 Å². The molecular weight excluding hydrogens is 493 g/mol. The Morgan fingerprint density at radius 2 is 1.83 bits per heavy atom. The zero-order valence-corrected chi connectivity index (χ0v) is 20.9. The molecule has 0 heterocycles. The summed E-state index contributed by atoms with van der Waals surface area (Å²) in [5.74, 6) is -1.26. The van der Waals surface area contributed by atoms with Crippen LogP contribution < -0.4 is 10.1 Å². The molecule has 2 aromatic carbocycles. The number of thioether (sulfide) groups is 1. The molecule has 1 unspecified atom stereocenters. The van der Waals surface area contributed by atoms with E-state index in [2.05, 4.69) is 16.6 Å². The second-order valence-electron chi connectivity index (χ2n) is 9.04. The second-order valence-corrected chi connectivity index (χ2v) is 10.7. The van der Waals surface area contributed by atoms with Crippen molar-refractivity contribution in [1.82, 2.24) is 4.90 Å². The van der Waals surface area contributed by atoms with Crippen LogP contribution in [0.15, 0.2) is 60.0 Å². The van der Waals surface area contributed by atoms with Crippen LogP contribution in [0.5, 0.6) is 5.75 Å². The molecule has 0 saturated carbocycles. The molecule has 0 saturated heterocycles. The SMILES string of the molecule is C=CCCCN(C(=O)Nc1ccc(OC(F)(F)F)cc1)C1Cc2ccc(SC(C)(C)C(=O)O)cc2C1. The summed E-state index contributed by atoms with van der Waals surface area (Å²) < 4.78 is 40.1. The molecule has 2 N–H and O–H groups in total. The number of anilines is 1. The van der Waals surface area contributed by atoms with Crippen LogP contribution >= 0.6 is 11.8 Å². The summed E-state index contributed by atoms with van der Waals surface area (Å²) >= 11 is 1.27. The van der Waals surface area contributed by atoms with Crippen molar-refractivity contribution in [2.24, 2.45) is 0 Å². The first kappa shape index (κ1) is 27.4. The third-order valence-electron chi connectivity index (χ3n) is 5.82. The maximum absolute atomic E-state index is 13.2. The zero-order chi connectivity index (χ0) is 26.5. The number of carbonyl (C=O) groups is 2. The Labute approximate surface area is 212 Å². The smallest absolute Gasteiger partial charge is 0.480 e. The number of rotatable bonds is 10. The predicted molar refractivity (Wildman–Crippen MR) is 133 cm³/mol. The highest BCUT2D eigenvalue weighted by molar-refractivity contribution is 8.01. The summed E-state index contributed by atoms with van der Waals surface area (Å²) in [6.45, 7) is 7.53. The van der Waals surface area contributed by atoms with E-state index < -0.39 is 17.1 Å². The van der Waals surface area contributed by atoms with Crippen molar-refractivity contribution in [3.05, 3.63) is 66.2 Å². The summed E-state index contributed by atoms with van der Waals surface area (Å²) in [5.41, 5.74) is 2.53. The van der Waals surface area contributed by atoms with E-state index in [9.17, 15) is 27.9 Å². The van der Waals surface area contributed by atoms with Gasteiger partial charge in [0.05, 0.1) is 0 Å². The minimum atomic E-state index is -4.79. The van der Waals surface area contributed by atoms with Crippen molar-refractivity contribution < 1.29 is 32.6 Å². The number of urea groups is 1. The van der Waals surface area contributed by atoms with Crippen molar-refractivity contribution in [2.45, 2.75) is 61.6 Å². The Hall–Kier alpha value is -3.14. The highest BCUT2D eigenvalue weighted by Gasteiger charge is 2.33. The van der Waals surface area contributed by atoms with Gasteiger partial charge in [-0.05, 0) is 87.1 Å². The highest BCUT2D eigenvalue weighted by atomic mass is 32.2. The van der Waals surface area contributed by atoms with E-state index in [0.29, 0.717) is 25.1 Å². The Balaban J connectivity index is 1.72. The van der Waals surface area contributed by atoms with E-state index in [1.165, 1.54) is 23.9 Å². The van der Waals surface area contributed by atoms with Crippen LogP contribution in [0.3, 0.4) is 0 Å². The van der Waals surface area contributed by atoms with E-state index in [0.717, 1.165) is 41.0 Å². The molecule has 1 atom stereocenters. The number of hydrogen-bond donors (Lipinski definition) is 2. The zero-order valence-electron chi connectivity index (χ0n) is 20.1. The molecule has 2 aromatic rings. The van der Waals surface area contributed by atoms with E-state index >= 15 is 0 Å². The van der Waals surface area contributed by atoms with Crippen LogP contribution in [0.1, 0.15) is 37.8 Å². The Morgan fingerprint density at radius 3 is 2.44 bits per heavy atom. The van der Waals surface area contributed by atoms with Gasteiger partial charge >= 0.3 is 18.4 Å². The minimum absolute atomic E-state index is 0.106. The fourth-order valence-electron chi connectivity index (χ4n) is 3.98. The first-order valence-corrected chi connectivity index (χ1v) is 12.3. The second kappa shape index (κ2) is 11.3. The van der Waals surface area contributed by atoms with Gasteiger partial charge < -0.3 is 20.1 Å². The van der Waals surface area contributed by atoms with Gasteiger partial charge in [0.25, 0.3) is 0 Å². The number of carboxylic acid groups (broad SMARTS) is 1. The lowest BCUT2D eigenvalue weighted by molar-refractivity contribution is -0.274. The molecule has 194 valence electrons. The molecule has 0 spiro atoms. The molecule has 6 nitrogen and oxygen atoms in total. The third kappa shape index (κ3) is 7.43. The molecule has 0 aromatic heterocycles. The average Bonchev–Trinajstić information content (AvgIpc) is 3.19. The Morgan fingerprint density at radius 1 is 1.17 bits per heavy atom. The van der Waals surface area contributed by atoms with E-state index in [-0.39, 0.29) is 17.8 Å².